The van der Waals surface area contributed by atoms with Gasteiger partial charge in [-0.05, 0) is 24.6 Å². The van der Waals surface area contributed by atoms with Crippen LogP contribution in [0, 0.1) is 0 Å². The zero-order valence-electron chi connectivity index (χ0n) is 8.76. The van der Waals surface area contributed by atoms with Crippen LogP contribution in [0.4, 0.5) is 0 Å². The summed E-state index contributed by atoms with van der Waals surface area (Å²) >= 11 is 0. The van der Waals surface area contributed by atoms with Gasteiger partial charge in [0.25, 0.3) is 0 Å². The number of benzene rings is 1. The number of hydrogen-bond donors (Lipinski definition) is 3. The van der Waals surface area contributed by atoms with Crippen LogP contribution in [0.3, 0.4) is 0 Å². The number of nitrogens with two attached hydrogens (primary N) is 1. The third-order valence-corrected chi connectivity index (χ3v) is 2.04. The van der Waals surface area contributed by atoms with Crippen molar-refractivity contribution in [3.8, 4) is 5.75 Å². The highest BCUT2D eigenvalue weighted by molar-refractivity contribution is 5.30. The molecule has 0 heterocycles. The molecule has 4 nitrogen and oxygen atoms in total. The molecule has 0 bridgehead atoms. The number of ether oxygens (including phenoxy) is 1. The maximum atomic E-state index is 9.10. The number of hydrogen-bond acceptors (Lipinski definition) is 4. The van der Waals surface area contributed by atoms with Gasteiger partial charge < -0.3 is 20.7 Å². The second-order valence-corrected chi connectivity index (χ2v) is 3.51. The summed E-state index contributed by atoms with van der Waals surface area (Å²) in [4.78, 5) is 0. The molecule has 1 aromatic rings. The quantitative estimate of drug-likeness (QED) is 0.660. The normalized spacial score (nSPS) is 14.7. The smallest absolute Gasteiger partial charge is 0.119 e. The minimum Gasteiger partial charge on any atom is -0.491 e. The molecule has 0 fully saturated rings. The van der Waals surface area contributed by atoms with Crippen molar-refractivity contribution in [3.05, 3.63) is 29.8 Å². The molecule has 2 unspecified atom stereocenters. The van der Waals surface area contributed by atoms with Gasteiger partial charge in [0.15, 0.2) is 0 Å². The first kappa shape index (κ1) is 12.0. The summed E-state index contributed by atoms with van der Waals surface area (Å²) in [6.45, 7) is 1.67. The molecule has 0 aromatic heterocycles. The molecule has 15 heavy (non-hydrogen) atoms. The molecule has 0 saturated heterocycles. The Kier molecular flexibility index (Phi) is 4.55. The molecule has 0 aliphatic heterocycles. The lowest BCUT2D eigenvalue weighted by atomic mass is 10.1. The van der Waals surface area contributed by atoms with Crippen LogP contribution in [-0.2, 0) is 0 Å². The second kappa shape index (κ2) is 5.70. The van der Waals surface area contributed by atoms with E-state index in [2.05, 4.69) is 0 Å². The topological polar surface area (TPSA) is 75.7 Å². The molecule has 4 N–H and O–H groups in total. The van der Waals surface area contributed by atoms with E-state index in [-0.39, 0.29) is 19.3 Å². The van der Waals surface area contributed by atoms with E-state index in [1.807, 2.05) is 25.1 Å². The maximum absolute atomic E-state index is 9.10. The van der Waals surface area contributed by atoms with Crippen molar-refractivity contribution in [1.82, 2.24) is 0 Å². The van der Waals surface area contributed by atoms with E-state index in [0.717, 1.165) is 5.56 Å². The molecular formula is C11H17NO3. The monoisotopic (exact) mass is 211 g/mol. The predicted molar refractivity (Wildman–Crippen MR) is 57.6 cm³/mol. The molecule has 2 atom stereocenters. The van der Waals surface area contributed by atoms with Crippen molar-refractivity contribution in [1.29, 1.82) is 0 Å². The summed E-state index contributed by atoms with van der Waals surface area (Å²) in [5, 5.41) is 17.7. The average Bonchev–Trinajstić information content (AvgIpc) is 2.26. The minimum atomic E-state index is -0.844. The van der Waals surface area contributed by atoms with Crippen molar-refractivity contribution >= 4 is 0 Å². The molecule has 0 amide bonds. The molecule has 0 spiro atoms. The van der Waals surface area contributed by atoms with Crippen LogP contribution in [0.15, 0.2) is 24.3 Å². The lowest BCUT2D eigenvalue weighted by molar-refractivity contribution is 0.0536. The summed E-state index contributed by atoms with van der Waals surface area (Å²) in [5.74, 6) is 0.650. The lowest BCUT2D eigenvalue weighted by Gasteiger charge is -2.12. The zero-order valence-corrected chi connectivity index (χ0v) is 8.76. The highest BCUT2D eigenvalue weighted by Crippen LogP contribution is 2.17. The third-order valence-electron chi connectivity index (χ3n) is 2.04. The van der Waals surface area contributed by atoms with Crippen molar-refractivity contribution in [2.24, 2.45) is 5.73 Å². The summed E-state index contributed by atoms with van der Waals surface area (Å²) < 4.78 is 5.28. The molecule has 0 radical (unpaired) electrons. The Morgan fingerprint density at radius 2 is 2.20 bits per heavy atom. The van der Waals surface area contributed by atoms with Gasteiger partial charge in [-0.15, -0.1) is 0 Å². The summed E-state index contributed by atoms with van der Waals surface area (Å²) in [6.07, 6.45) is -0.844. The first-order chi connectivity index (χ1) is 7.13. The summed E-state index contributed by atoms with van der Waals surface area (Å²) in [7, 11) is 0. The highest BCUT2D eigenvalue weighted by Gasteiger charge is 2.04. The van der Waals surface area contributed by atoms with Gasteiger partial charge in [-0.1, -0.05) is 12.1 Å². The number of rotatable bonds is 5. The van der Waals surface area contributed by atoms with Gasteiger partial charge in [-0.2, -0.15) is 0 Å². The molecule has 84 valence electrons. The molecule has 0 aliphatic rings. The molecule has 0 aliphatic carbocycles. The Morgan fingerprint density at radius 1 is 1.47 bits per heavy atom. The second-order valence-electron chi connectivity index (χ2n) is 3.51. The molecular weight excluding hydrogens is 194 g/mol. The molecule has 1 rings (SSSR count). The Morgan fingerprint density at radius 3 is 2.80 bits per heavy atom. The van der Waals surface area contributed by atoms with Gasteiger partial charge in [-0.25, -0.2) is 0 Å². The Balaban J connectivity index is 2.58. The van der Waals surface area contributed by atoms with E-state index in [1.54, 1.807) is 6.07 Å². The first-order valence-electron chi connectivity index (χ1n) is 4.90. The van der Waals surface area contributed by atoms with Gasteiger partial charge in [0.1, 0.15) is 18.5 Å². The molecule has 1 aromatic carbocycles. The average molecular weight is 211 g/mol. The van der Waals surface area contributed by atoms with Crippen LogP contribution < -0.4 is 10.5 Å². The first-order valence-corrected chi connectivity index (χ1v) is 4.90. The van der Waals surface area contributed by atoms with E-state index < -0.39 is 6.10 Å². The van der Waals surface area contributed by atoms with Gasteiger partial charge in [0.05, 0.1) is 6.61 Å². The SMILES string of the molecule is CC(N)c1cccc(OCC(O)CO)c1. The Bertz CT molecular complexity index is 302. The fourth-order valence-electron chi connectivity index (χ4n) is 1.13. The largest absolute Gasteiger partial charge is 0.491 e. The van der Waals surface area contributed by atoms with Crippen LogP contribution in [0.25, 0.3) is 0 Å². The van der Waals surface area contributed by atoms with Crippen LogP contribution >= 0.6 is 0 Å². The summed E-state index contributed by atoms with van der Waals surface area (Å²) in [5.41, 5.74) is 6.70. The van der Waals surface area contributed by atoms with E-state index in [4.69, 9.17) is 20.7 Å². The van der Waals surface area contributed by atoms with Crippen molar-refractivity contribution in [2.45, 2.75) is 19.1 Å². The van der Waals surface area contributed by atoms with Gasteiger partial charge in [0.2, 0.25) is 0 Å². The van der Waals surface area contributed by atoms with E-state index >= 15 is 0 Å². The molecule has 0 saturated carbocycles. The van der Waals surface area contributed by atoms with Crippen LogP contribution in [0.5, 0.6) is 5.75 Å². The van der Waals surface area contributed by atoms with Gasteiger partial charge in [-0.3, -0.25) is 0 Å². The van der Waals surface area contributed by atoms with E-state index in [1.165, 1.54) is 0 Å². The highest BCUT2D eigenvalue weighted by atomic mass is 16.5. The predicted octanol–water partition coefficient (Wildman–Crippen LogP) is 0.438. The van der Waals surface area contributed by atoms with Crippen LogP contribution in [0.2, 0.25) is 0 Å². The minimum absolute atomic E-state index is 0.0451. The Hall–Kier alpha value is -1.10. The van der Waals surface area contributed by atoms with Crippen molar-refractivity contribution in [3.63, 3.8) is 0 Å². The van der Waals surface area contributed by atoms with Gasteiger partial charge >= 0.3 is 0 Å². The fraction of sp³-hybridized carbons (Fsp3) is 0.455. The Labute approximate surface area is 89.3 Å². The molecule has 4 heteroatoms. The zero-order chi connectivity index (χ0) is 11.3. The van der Waals surface area contributed by atoms with Crippen LogP contribution in [-0.4, -0.2) is 29.5 Å². The van der Waals surface area contributed by atoms with E-state index in [9.17, 15) is 0 Å². The van der Waals surface area contributed by atoms with Gasteiger partial charge in [0, 0.05) is 6.04 Å². The number of aliphatic hydroxyl groups is 2. The third kappa shape index (κ3) is 3.87. The maximum Gasteiger partial charge on any atom is 0.119 e. The standard InChI is InChI=1S/C11H17NO3/c1-8(12)9-3-2-4-11(5-9)15-7-10(14)6-13/h2-5,8,10,13-14H,6-7,12H2,1H3. The van der Waals surface area contributed by atoms with E-state index in [0.29, 0.717) is 5.75 Å². The fourth-order valence-corrected chi connectivity index (χ4v) is 1.13. The van der Waals surface area contributed by atoms with Crippen LogP contribution in [0.1, 0.15) is 18.5 Å². The lowest BCUT2D eigenvalue weighted by Crippen LogP contribution is -2.21. The summed E-state index contributed by atoms with van der Waals surface area (Å²) in [6, 6.07) is 7.33. The van der Waals surface area contributed by atoms with Crippen molar-refractivity contribution in [2.75, 3.05) is 13.2 Å². The van der Waals surface area contributed by atoms with Crippen molar-refractivity contribution < 1.29 is 14.9 Å². The number of aliphatic hydroxyl groups excluding tert-OH is 2.